The van der Waals surface area contributed by atoms with E-state index in [1.807, 2.05) is 36.5 Å². The average molecular weight is 367 g/mol. The third-order valence-corrected chi connectivity index (χ3v) is 4.25. The number of carbonyl (C=O) groups excluding carboxylic acids is 1. The van der Waals surface area contributed by atoms with E-state index in [1.165, 1.54) is 0 Å². The molecule has 0 atom stereocenters. The van der Waals surface area contributed by atoms with E-state index in [1.54, 1.807) is 10.9 Å². The van der Waals surface area contributed by atoms with Crippen molar-refractivity contribution < 1.29 is 4.79 Å². The predicted octanol–water partition coefficient (Wildman–Crippen LogP) is 1.86. The van der Waals surface area contributed by atoms with Crippen molar-refractivity contribution in [1.82, 2.24) is 30.3 Å². The van der Waals surface area contributed by atoms with Crippen molar-refractivity contribution in [2.75, 3.05) is 5.73 Å². The van der Waals surface area contributed by atoms with E-state index in [0.717, 1.165) is 49.1 Å². The first kappa shape index (κ1) is 18.6. The molecule has 3 aromatic rings. The van der Waals surface area contributed by atoms with Crippen molar-refractivity contribution in [3.8, 4) is 0 Å². The second-order valence-corrected chi connectivity index (χ2v) is 6.52. The van der Waals surface area contributed by atoms with Gasteiger partial charge in [0, 0.05) is 18.4 Å². The zero-order valence-corrected chi connectivity index (χ0v) is 15.3. The minimum Gasteiger partial charge on any atom is -0.369 e. The number of benzene rings is 1. The molecule has 0 aliphatic carbocycles. The topological polar surface area (TPSA) is 115 Å². The van der Waals surface area contributed by atoms with E-state index in [-0.39, 0.29) is 12.5 Å². The summed E-state index contributed by atoms with van der Waals surface area (Å²) in [6, 6.07) is 9.82. The fourth-order valence-electron chi connectivity index (χ4n) is 2.83. The molecule has 0 aliphatic heterocycles. The van der Waals surface area contributed by atoms with E-state index in [0.29, 0.717) is 12.5 Å². The lowest BCUT2D eigenvalue weighted by molar-refractivity contribution is -0.122. The van der Waals surface area contributed by atoms with Gasteiger partial charge >= 0.3 is 0 Å². The van der Waals surface area contributed by atoms with Gasteiger partial charge in [-0.1, -0.05) is 42.0 Å². The van der Waals surface area contributed by atoms with Gasteiger partial charge in [-0.2, -0.15) is 0 Å². The number of anilines is 1. The van der Waals surface area contributed by atoms with Crippen LogP contribution in [0, 0.1) is 0 Å². The Bertz CT molecular complexity index is 841. The zero-order valence-electron chi connectivity index (χ0n) is 15.3. The Balaban J connectivity index is 1.32. The molecule has 0 aliphatic rings. The summed E-state index contributed by atoms with van der Waals surface area (Å²) >= 11 is 0. The van der Waals surface area contributed by atoms with Gasteiger partial charge in [0.1, 0.15) is 6.54 Å². The summed E-state index contributed by atoms with van der Waals surface area (Å²) in [6.45, 7) is 0.699. The number of carbonyl (C=O) groups is 1. The smallest absolute Gasteiger partial charge is 0.242 e. The van der Waals surface area contributed by atoms with Gasteiger partial charge in [-0.25, -0.2) is 9.67 Å². The molecular formula is C19H25N7O. The molecule has 2 heterocycles. The number of nitrogens with one attached hydrogen (secondary N) is 2. The van der Waals surface area contributed by atoms with Crippen LogP contribution in [0.2, 0.25) is 0 Å². The number of hydrogen-bond acceptors (Lipinski definition) is 5. The second kappa shape index (κ2) is 9.51. The number of amides is 1. The first-order valence-corrected chi connectivity index (χ1v) is 9.18. The Labute approximate surface area is 158 Å². The Hall–Kier alpha value is -3.16. The van der Waals surface area contributed by atoms with Gasteiger partial charge < -0.3 is 16.0 Å². The van der Waals surface area contributed by atoms with Crippen molar-refractivity contribution in [2.24, 2.45) is 0 Å². The van der Waals surface area contributed by atoms with Crippen LogP contribution < -0.4 is 11.1 Å². The van der Waals surface area contributed by atoms with Crippen molar-refractivity contribution in [3.05, 3.63) is 59.7 Å². The first-order chi connectivity index (χ1) is 13.2. The first-order valence-electron chi connectivity index (χ1n) is 9.18. The number of H-pyrrole nitrogens is 1. The number of nitrogens with zero attached hydrogens (tertiary/aromatic N) is 4. The van der Waals surface area contributed by atoms with Crippen LogP contribution in [-0.2, 0) is 30.7 Å². The lowest BCUT2D eigenvalue weighted by atomic mass is 10.1. The van der Waals surface area contributed by atoms with Gasteiger partial charge in [0.2, 0.25) is 5.91 Å². The maximum Gasteiger partial charge on any atom is 0.242 e. The molecule has 142 valence electrons. The normalized spacial score (nSPS) is 10.8. The Morgan fingerprint density at radius 2 is 1.96 bits per heavy atom. The van der Waals surface area contributed by atoms with E-state index in [4.69, 9.17) is 5.73 Å². The van der Waals surface area contributed by atoms with Gasteiger partial charge in [0.05, 0.1) is 11.9 Å². The van der Waals surface area contributed by atoms with Crippen LogP contribution in [-0.4, -0.2) is 30.9 Å². The number of imidazole rings is 1. The van der Waals surface area contributed by atoms with Gasteiger partial charge in [-0.3, -0.25) is 4.79 Å². The lowest BCUT2D eigenvalue weighted by Gasteiger charge is -2.04. The number of aryl methyl sites for hydroxylation is 2. The molecule has 0 spiro atoms. The van der Waals surface area contributed by atoms with E-state index < -0.39 is 0 Å². The predicted molar refractivity (Wildman–Crippen MR) is 103 cm³/mol. The molecule has 4 N–H and O–H groups in total. The van der Waals surface area contributed by atoms with Crippen LogP contribution in [0.3, 0.4) is 0 Å². The molecule has 1 aromatic carbocycles. The number of aromatic amines is 1. The summed E-state index contributed by atoms with van der Waals surface area (Å²) < 4.78 is 1.59. The van der Waals surface area contributed by atoms with Crippen molar-refractivity contribution in [3.63, 3.8) is 0 Å². The van der Waals surface area contributed by atoms with Crippen molar-refractivity contribution >= 4 is 11.9 Å². The average Bonchev–Trinajstić information content (AvgIpc) is 3.29. The van der Waals surface area contributed by atoms with Gasteiger partial charge in [-0.15, -0.1) is 5.10 Å². The monoisotopic (exact) mass is 367 g/mol. The minimum atomic E-state index is -0.0749. The van der Waals surface area contributed by atoms with E-state index in [9.17, 15) is 4.79 Å². The molecule has 27 heavy (non-hydrogen) atoms. The van der Waals surface area contributed by atoms with Crippen molar-refractivity contribution in [1.29, 1.82) is 0 Å². The molecule has 8 heteroatoms. The molecule has 0 unspecified atom stereocenters. The van der Waals surface area contributed by atoms with Crippen LogP contribution in [0.5, 0.6) is 0 Å². The highest BCUT2D eigenvalue weighted by Crippen LogP contribution is 2.08. The van der Waals surface area contributed by atoms with Crippen molar-refractivity contribution in [2.45, 2.75) is 45.2 Å². The summed E-state index contributed by atoms with van der Waals surface area (Å²) in [7, 11) is 0. The molecule has 0 saturated carbocycles. The summed E-state index contributed by atoms with van der Waals surface area (Å²) in [5.41, 5.74) is 8.61. The second-order valence-electron chi connectivity index (χ2n) is 6.52. The molecular weight excluding hydrogens is 342 g/mol. The Morgan fingerprint density at radius 3 is 2.74 bits per heavy atom. The lowest BCUT2D eigenvalue weighted by Crippen LogP contribution is -2.27. The molecule has 8 nitrogen and oxygen atoms in total. The van der Waals surface area contributed by atoms with E-state index in [2.05, 4.69) is 25.6 Å². The summed E-state index contributed by atoms with van der Waals surface area (Å²) in [5, 5.41) is 11.1. The van der Waals surface area contributed by atoms with Gasteiger partial charge in [-0.05, 0) is 31.2 Å². The molecule has 1 amide bonds. The summed E-state index contributed by atoms with van der Waals surface area (Å²) in [4.78, 5) is 19.0. The quantitative estimate of drug-likeness (QED) is 0.473. The van der Waals surface area contributed by atoms with Gasteiger partial charge in [0.25, 0.3) is 0 Å². The highest BCUT2D eigenvalue weighted by Gasteiger charge is 2.06. The van der Waals surface area contributed by atoms with Crippen LogP contribution in [0.15, 0.2) is 42.7 Å². The third-order valence-electron chi connectivity index (χ3n) is 4.25. The van der Waals surface area contributed by atoms with E-state index >= 15 is 0 Å². The standard InChI is InChI=1S/C19H25N7O/c20-19-22-12-16(23-19)9-5-2-6-10-17-13-26(25-24-17)14-18(27)21-11-15-7-3-1-4-8-15/h1,3-4,7-8,12-13H,2,5-6,9-11,14H2,(H,21,27)(H3,20,22,23). The Kier molecular flexibility index (Phi) is 6.56. The van der Waals surface area contributed by atoms with Crippen LogP contribution >= 0.6 is 0 Å². The van der Waals surface area contributed by atoms with Crippen LogP contribution in [0.1, 0.15) is 36.2 Å². The maximum atomic E-state index is 12.0. The number of rotatable bonds is 10. The number of aromatic nitrogens is 5. The molecule has 0 radical (unpaired) electrons. The minimum absolute atomic E-state index is 0.0749. The number of nitrogens with two attached hydrogens (primary N) is 1. The summed E-state index contributed by atoms with van der Waals surface area (Å²) in [5.74, 6) is 0.392. The maximum absolute atomic E-state index is 12.0. The van der Waals surface area contributed by atoms with Crippen LogP contribution in [0.4, 0.5) is 5.95 Å². The molecule has 0 saturated heterocycles. The number of hydrogen-bond donors (Lipinski definition) is 3. The zero-order chi connectivity index (χ0) is 18.9. The molecule has 0 bridgehead atoms. The fourth-order valence-corrected chi connectivity index (χ4v) is 2.83. The number of unbranched alkanes of at least 4 members (excludes halogenated alkanes) is 2. The van der Waals surface area contributed by atoms with Crippen LogP contribution in [0.25, 0.3) is 0 Å². The summed E-state index contributed by atoms with van der Waals surface area (Å²) in [6.07, 6.45) is 8.61. The highest BCUT2D eigenvalue weighted by atomic mass is 16.2. The van der Waals surface area contributed by atoms with Gasteiger partial charge in [0.15, 0.2) is 5.95 Å². The SMILES string of the molecule is Nc1ncc(CCCCCc2cn(CC(=O)NCc3ccccc3)nn2)[nH]1. The fraction of sp³-hybridized carbons (Fsp3) is 0.368. The Morgan fingerprint density at radius 1 is 1.15 bits per heavy atom. The molecule has 0 fully saturated rings. The largest absolute Gasteiger partial charge is 0.369 e. The molecule has 2 aromatic heterocycles. The molecule has 3 rings (SSSR count). The number of nitrogen functional groups attached to an aromatic ring is 1. The third kappa shape index (κ3) is 6.25. The highest BCUT2D eigenvalue weighted by molar-refractivity contribution is 5.75.